The van der Waals surface area contributed by atoms with E-state index in [0.29, 0.717) is 28.9 Å². The quantitative estimate of drug-likeness (QED) is 0.644. The Hall–Kier alpha value is -2.08. The molecule has 2 N–H and O–H groups in total. The van der Waals surface area contributed by atoms with Gasteiger partial charge in [-0.3, -0.25) is 10.1 Å². The number of carbonyl (C=O) groups excluding carboxylic acids is 1. The lowest BCUT2D eigenvalue weighted by atomic mass is 10.1. The molecule has 1 aliphatic heterocycles. The fraction of sp³-hybridized carbons (Fsp3) is 0.231. The SMILES string of the molecule is CCOc1ccc(C=C2NC(=S)NC2=O)cc1OC. The molecule has 1 aliphatic rings. The number of hydrogen-bond donors (Lipinski definition) is 2. The van der Waals surface area contributed by atoms with Crippen molar-refractivity contribution in [2.75, 3.05) is 13.7 Å². The summed E-state index contributed by atoms with van der Waals surface area (Å²) in [6.45, 7) is 2.47. The van der Waals surface area contributed by atoms with Gasteiger partial charge in [0.1, 0.15) is 5.70 Å². The number of thiocarbonyl (C=S) groups is 1. The van der Waals surface area contributed by atoms with Gasteiger partial charge in [0.2, 0.25) is 0 Å². The molecule has 1 saturated heterocycles. The normalized spacial score (nSPS) is 16.2. The first-order valence-electron chi connectivity index (χ1n) is 5.79. The highest BCUT2D eigenvalue weighted by Crippen LogP contribution is 2.28. The molecule has 2 rings (SSSR count). The van der Waals surface area contributed by atoms with Gasteiger partial charge < -0.3 is 14.8 Å². The van der Waals surface area contributed by atoms with Crippen LogP contribution in [-0.4, -0.2) is 24.7 Å². The molecule has 1 aromatic rings. The maximum atomic E-state index is 11.5. The Morgan fingerprint density at radius 3 is 2.68 bits per heavy atom. The number of hydrogen-bond acceptors (Lipinski definition) is 4. The molecule has 1 heterocycles. The van der Waals surface area contributed by atoms with Gasteiger partial charge in [0.05, 0.1) is 13.7 Å². The van der Waals surface area contributed by atoms with Crippen molar-refractivity contribution >= 4 is 29.3 Å². The van der Waals surface area contributed by atoms with E-state index in [4.69, 9.17) is 21.7 Å². The predicted molar refractivity (Wildman–Crippen MR) is 76.0 cm³/mol. The Morgan fingerprint density at radius 2 is 2.11 bits per heavy atom. The number of rotatable bonds is 4. The van der Waals surface area contributed by atoms with E-state index in [0.717, 1.165) is 5.56 Å². The zero-order valence-corrected chi connectivity index (χ0v) is 11.5. The summed E-state index contributed by atoms with van der Waals surface area (Å²) >= 11 is 4.86. The average Bonchev–Trinajstić information content (AvgIpc) is 2.70. The summed E-state index contributed by atoms with van der Waals surface area (Å²) in [6, 6.07) is 5.45. The average molecular weight is 278 g/mol. The van der Waals surface area contributed by atoms with Crippen LogP contribution in [0.4, 0.5) is 0 Å². The van der Waals surface area contributed by atoms with Crippen LogP contribution < -0.4 is 20.1 Å². The van der Waals surface area contributed by atoms with Crippen molar-refractivity contribution < 1.29 is 14.3 Å². The number of carbonyl (C=O) groups is 1. The zero-order chi connectivity index (χ0) is 13.8. The topological polar surface area (TPSA) is 59.6 Å². The molecular weight excluding hydrogens is 264 g/mol. The van der Waals surface area contributed by atoms with Crippen molar-refractivity contribution in [3.8, 4) is 11.5 Å². The molecule has 0 radical (unpaired) electrons. The number of amides is 1. The van der Waals surface area contributed by atoms with E-state index in [1.54, 1.807) is 25.3 Å². The van der Waals surface area contributed by atoms with Gasteiger partial charge in [-0.2, -0.15) is 0 Å². The molecule has 6 heteroatoms. The second kappa shape index (κ2) is 5.71. The predicted octanol–water partition coefficient (Wildman–Crippen LogP) is 1.44. The molecule has 0 spiro atoms. The lowest BCUT2D eigenvalue weighted by molar-refractivity contribution is -0.115. The van der Waals surface area contributed by atoms with E-state index in [9.17, 15) is 4.79 Å². The molecule has 0 aromatic heterocycles. The Bertz CT molecular complexity index is 555. The zero-order valence-electron chi connectivity index (χ0n) is 10.6. The standard InChI is InChI=1S/C13H14N2O3S/c1-3-18-10-5-4-8(7-11(10)17-2)6-9-12(16)15-13(19)14-9/h4-7H,3H2,1-2H3,(H2,14,15,16,19). The van der Waals surface area contributed by atoms with Gasteiger partial charge in [0.15, 0.2) is 16.6 Å². The summed E-state index contributed by atoms with van der Waals surface area (Å²) in [7, 11) is 1.57. The summed E-state index contributed by atoms with van der Waals surface area (Å²) in [5, 5.41) is 5.61. The maximum absolute atomic E-state index is 11.5. The number of ether oxygens (including phenoxy) is 2. The number of benzene rings is 1. The number of methoxy groups -OCH3 is 1. The Labute approximate surface area is 116 Å². The maximum Gasteiger partial charge on any atom is 0.273 e. The van der Waals surface area contributed by atoms with Crippen LogP contribution >= 0.6 is 12.2 Å². The molecule has 0 atom stereocenters. The van der Waals surface area contributed by atoms with Gasteiger partial charge in [-0.25, -0.2) is 0 Å². The largest absolute Gasteiger partial charge is 0.493 e. The summed E-state index contributed by atoms with van der Waals surface area (Å²) in [5.41, 5.74) is 1.24. The van der Waals surface area contributed by atoms with E-state index < -0.39 is 0 Å². The molecule has 0 aliphatic carbocycles. The third kappa shape index (κ3) is 3.03. The van der Waals surface area contributed by atoms with Gasteiger partial charge in [-0.05, 0) is 42.9 Å². The van der Waals surface area contributed by atoms with Crippen LogP contribution in [0.1, 0.15) is 12.5 Å². The highest BCUT2D eigenvalue weighted by atomic mass is 32.1. The van der Waals surface area contributed by atoms with E-state index in [2.05, 4.69) is 10.6 Å². The fourth-order valence-corrected chi connectivity index (χ4v) is 1.90. The van der Waals surface area contributed by atoms with Gasteiger partial charge in [-0.1, -0.05) is 6.07 Å². The van der Waals surface area contributed by atoms with Crippen LogP contribution in [0.3, 0.4) is 0 Å². The van der Waals surface area contributed by atoms with Crippen LogP contribution in [0.5, 0.6) is 11.5 Å². The van der Waals surface area contributed by atoms with E-state index >= 15 is 0 Å². The second-order valence-corrected chi connectivity index (χ2v) is 4.22. The molecule has 1 amide bonds. The van der Waals surface area contributed by atoms with Crippen LogP contribution in [0.2, 0.25) is 0 Å². The third-order valence-electron chi connectivity index (χ3n) is 2.52. The van der Waals surface area contributed by atoms with E-state index in [1.807, 2.05) is 13.0 Å². The monoisotopic (exact) mass is 278 g/mol. The second-order valence-electron chi connectivity index (χ2n) is 3.81. The Morgan fingerprint density at radius 1 is 1.32 bits per heavy atom. The van der Waals surface area contributed by atoms with Crippen LogP contribution in [-0.2, 0) is 4.79 Å². The summed E-state index contributed by atoms with van der Waals surface area (Å²) in [4.78, 5) is 11.5. The molecule has 0 bridgehead atoms. The smallest absolute Gasteiger partial charge is 0.273 e. The van der Waals surface area contributed by atoms with Crippen LogP contribution in [0.15, 0.2) is 23.9 Å². The first kappa shape index (κ1) is 13.4. The summed E-state index contributed by atoms with van der Waals surface area (Å²) in [5.74, 6) is 1.06. The minimum Gasteiger partial charge on any atom is -0.493 e. The summed E-state index contributed by atoms with van der Waals surface area (Å²) < 4.78 is 10.7. The first-order chi connectivity index (χ1) is 9.13. The molecule has 100 valence electrons. The van der Waals surface area contributed by atoms with Crippen molar-refractivity contribution in [2.24, 2.45) is 0 Å². The van der Waals surface area contributed by atoms with Crippen LogP contribution in [0.25, 0.3) is 6.08 Å². The molecule has 19 heavy (non-hydrogen) atoms. The van der Waals surface area contributed by atoms with Crippen molar-refractivity contribution in [3.63, 3.8) is 0 Å². The van der Waals surface area contributed by atoms with Crippen molar-refractivity contribution in [3.05, 3.63) is 29.5 Å². The van der Waals surface area contributed by atoms with Crippen molar-refractivity contribution in [2.45, 2.75) is 6.92 Å². The molecule has 1 aromatic carbocycles. The minimum atomic E-state index is -0.238. The highest BCUT2D eigenvalue weighted by Gasteiger charge is 2.20. The van der Waals surface area contributed by atoms with Gasteiger partial charge in [0, 0.05) is 0 Å². The van der Waals surface area contributed by atoms with Gasteiger partial charge in [0.25, 0.3) is 5.91 Å². The lowest BCUT2D eigenvalue weighted by Gasteiger charge is -2.09. The molecule has 1 fully saturated rings. The van der Waals surface area contributed by atoms with E-state index in [-0.39, 0.29) is 5.91 Å². The molecule has 0 unspecified atom stereocenters. The molecule has 0 saturated carbocycles. The van der Waals surface area contributed by atoms with Gasteiger partial charge in [-0.15, -0.1) is 0 Å². The van der Waals surface area contributed by atoms with Crippen LogP contribution in [0, 0.1) is 0 Å². The molecule has 5 nitrogen and oxygen atoms in total. The lowest BCUT2D eigenvalue weighted by Crippen LogP contribution is -2.21. The van der Waals surface area contributed by atoms with Gasteiger partial charge >= 0.3 is 0 Å². The van der Waals surface area contributed by atoms with Crippen molar-refractivity contribution in [1.82, 2.24) is 10.6 Å². The third-order valence-corrected chi connectivity index (χ3v) is 2.72. The minimum absolute atomic E-state index is 0.238. The fourth-order valence-electron chi connectivity index (χ4n) is 1.70. The molecular formula is C13H14N2O3S. The van der Waals surface area contributed by atoms with Crippen molar-refractivity contribution in [1.29, 1.82) is 0 Å². The Kier molecular flexibility index (Phi) is 4.01. The van der Waals surface area contributed by atoms with E-state index in [1.165, 1.54) is 0 Å². The first-order valence-corrected chi connectivity index (χ1v) is 6.19. The summed E-state index contributed by atoms with van der Waals surface area (Å²) in [6.07, 6.45) is 1.70. The number of nitrogens with one attached hydrogen (secondary N) is 2. The Balaban J connectivity index is 2.29. The highest BCUT2D eigenvalue weighted by molar-refractivity contribution is 7.80.